The Morgan fingerprint density at radius 2 is 1.90 bits per heavy atom. The summed E-state index contributed by atoms with van der Waals surface area (Å²) in [5.74, 6) is -1.05. The zero-order valence-electron chi connectivity index (χ0n) is 12.1. The van der Waals surface area contributed by atoms with Crippen LogP contribution in [-0.4, -0.2) is 21.6 Å². The lowest BCUT2D eigenvalue weighted by Gasteiger charge is -2.11. The Morgan fingerprint density at radius 1 is 1.19 bits per heavy atom. The number of aryl methyl sites for hydroxylation is 2. The first-order valence-electron chi connectivity index (χ1n) is 6.72. The summed E-state index contributed by atoms with van der Waals surface area (Å²) in [7, 11) is 1.83. The topological polar surface area (TPSA) is 71.3 Å². The summed E-state index contributed by atoms with van der Waals surface area (Å²) >= 11 is 0. The number of rotatable bonds is 5. The molecule has 110 valence electrons. The molecule has 2 aromatic rings. The molecular weight excluding hydrogens is 268 g/mol. The van der Waals surface area contributed by atoms with Crippen LogP contribution in [0.15, 0.2) is 36.4 Å². The van der Waals surface area contributed by atoms with Crippen molar-refractivity contribution in [2.24, 2.45) is 7.05 Å². The van der Waals surface area contributed by atoms with E-state index >= 15 is 0 Å². The monoisotopic (exact) mass is 286 g/mol. The highest BCUT2D eigenvalue weighted by atomic mass is 16.4. The van der Waals surface area contributed by atoms with Crippen LogP contribution in [0.1, 0.15) is 28.2 Å². The number of carbonyl (C=O) groups excluding carboxylic acids is 1. The number of hydrogen-bond acceptors (Lipinski definition) is 2. The van der Waals surface area contributed by atoms with Crippen LogP contribution in [0.2, 0.25) is 0 Å². The van der Waals surface area contributed by atoms with Crippen molar-refractivity contribution in [2.75, 3.05) is 5.32 Å². The number of carbonyl (C=O) groups is 2. The summed E-state index contributed by atoms with van der Waals surface area (Å²) < 4.78 is 1.81. The van der Waals surface area contributed by atoms with Gasteiger partial charge in [-0.1, -0.05) is 18.2 Å². The second-order valence-electron chi connectivity index (χ2n) is 4.92. The number of anilines is 1. The van der Waals surface area contributed by atoms with Gasteiger partial charge in [-0.3, -0.25) is 9.59 Å². The lowest BCUT2D eigenvalue weighted by molar-refractivity contribution is -0.136. The van der Waals surface area contributed by atoms with E-state index in [1.807, 2.05) is 42.8 Å². The van der Waals surface area contributed by atoms with Crippen LogP contribution < -0.4 is 5.32 Å². The number of aliphatic carboxylic acids is 1. The fourth-order valence-corrected chi connectivity index (χ4v) is 2.13. The fraction of sp³-hybridized carbons (Fsp3) is 0.250. The lowest BCUT2D eigenvalue weighted by atomic mass is 10.1. The van der Waals surface area contributed by atoms with Crippen molar-refractivity contribution in [3.8, 4) is 0 Å². The first kappa shape index (κ1) is 14.8. The second kappa shape index (κ2) is 6.26. The molecule has 0 saturated heterocycles. The van der Waals surface area contributed by atoms with E-state index in [1.165, 1.54) is 0 Å². The number of nitrogens with one attached hydrogen (secondary N) is 1. The third-order valence-corrected chi connectivity index (χ3v) is 3.48. The highest BCUT2D eigenvalue weighted by molar-refractivity contribution is 6.03. The fourth-order valence-electron chi connectivity index (χ4n) is 2.13. The van der Waals surface area contributed by atoms with Crippen molar-refractivity contribution in [1.82, 2.24) is 4.57 Å². The van der Waals surface area contributed by atoms with E-state index in [2.05, 4.69) is 5.32 Å². The van der Waals surface area contributed by atoms with E-state index in [4.69, 9.17) is 5.11 Å². The third kappa shape index (κ3) is 3.51. The number of hydrogen-bond donors (Lipinski definition) is 2. The maximum absolute atomic E-state index is 12.3. The predicted octanol–water partition coefficient (Wildman–Crippen LogP) is 2.60. The van der Waals surface area contributed by atoms with Gasteiger partial charge in [0.2, 0.25) is 0 Å². The van der Waals surface area contributed by atoms with Crippen LogP contribution in [0.4, 0.5) is 5.69 Å². The van der Waals surface area contributed by atoms with E-state index in [1.54, 1.807) is 12.1 Å². The second-order valence-corrected chi connectivity index (χ2v) is 4.92. The largest absolute Gasteiger partial charge is 0.481 e. The van der Waals surface area contributed by atoms with Gasteiger partial charge in [-0.2, -0.15) is 0 Å². The van der Waals surface area contributed by atoms with Gasteiger partial charge >= 0.3 is 5.97 Å². The summed E-state index contributed by atoms with van der Waals surface area (Å²) in [6.07, 6.45) is 0.425. The molecule has 5 heteroatoms. The predicted molar refractivity (Wildman–Crippen MR) is 80.5 cm³/mol. The third-order valence-electron chi connectivity index (χ3n) is 3.48. The van der Waals surface area contributed by atoms with E-state index < -0.39 is 5.97 Å². The quantitative estimate of drug-likeness (QED) is 0.887. The molecule has 1 amide bonds. The Bertz CT molecular complexity index is 674. The van der Waals surface area contributed by atoms with Crippen molar-refractivity contribution >= 4 is 17.6 Å². The zero-order chi connectivity index (χ0) is 15.4. The van der Waals surface area contributed by atoms with Gasteiger partial charge in [-0.25, -0.2) is 0 Å². The Labute approximate surface area is 123 Å². The Morgan fingerprint density at radius 3 is 2.52 bits per heavy atom. The average Bonchev–Trinajstić information content (AvgIpc) is 2.78. The van der Waals surface area contributed by atoms with Crippen molar-refractivity contribution in [1.29, 1.82) is 0 Å². The molecule has 2 rings (SSSR count). The Hall–Kier alpha value is -2.56. The van der Waals surface area contributed by atoms with Crippen molar-refractivity contribution in [3.63, 3.8) is 0 Å². The molecule has 0 aliphatic rings. The Kier molecular flexibility index (Phi) is 4.42. The van der Waals surface area contributed by atoms with Crippen LogP contribution in [0, 0.1) is 6.92 Å². The molecule has 0 aliphatic carbocycles. The molecule has 0 atom stereocenters. The maximum atomic E-state index is 12.3. The molecule has 21 heavy (non-hydrogen) atoms. The highest BCUT2D eigenvalue weighted by Crippen LogP contribution is 2.18. The molecule has 5 nitrogen and oxygen atoms in total. The number of aromatic nitrogens is 1. The Balaban J connectivity index is 2.17. The van der Waals surface area contributed by atoms with Crippen LogP contribution >= 0.6 is 0 Å². The van der Waals surface area contributed by atoms with Crippen molar-refractivity contribution in [3.05, 3.63) is 53.3 Å². The zero-order valence-corrected chi connectivity index (χ0v) is 12.1. The first-order valence-corrected chi connectivity index (χ1v) is 6.72. The van der Waals surface area contributed by atoms with Crippen LogP contribution in [0.5, 0.6) is 0 Å². The highest BCUT2D eigenvalue weighted by Gasteiger charge is 2.13. The summed E-state index contributed by atoms with van der Waals surface area (Å²) in [5, 5.41) is 11.6. The maximum Gasteiger partial charge on any atom is 0.303 e. The van der Waals surface area contributed by atoms with Crippen LogP contribution in [0.25, 0.3) is 0 Å². The van der Waals surface area contributed by atoms with Gasteiger partial charge in [0.05, 0.1) is 0 Å². The number of carboxylic acid groups (broad SMARTS) is 1. The molecule has 0 fully saturated rings. The SMILES string of the molecule is Cc1ccc(C(=O)Nc2ccccc2CCC(=O)O)n1C. The average molecular weight is 286 g/mol. The van der Waals surface area contributed by atoms with E-state index in [9.17, 15) is 9.59 Å². The molecule has 0 aliphatic heterocycles. The van der Waals surface area contributed by atoms with Gasteiger partial charge in [0, 0.05) is 24.8 Å². The minimum atomic E-state index is -0.853. The molecule has 0 spiro atoms. The van der Waals surface area contributed by atoms with E-state index in [0.717, 1.165) is 11.3 Å². The van der Waals surface area contributed by atoms with Crippen LogP contribution in [0.3, 0.4) is 0 Å². The molecule has 2 N–H and O–H groups in total. The summed E-state index contributed by atoms with van der Waals surface area (Å²) in [6, 6.07) is 10.9. The summed E-state index contributed by atoms with van der Waals surface area (Å²) in [4.78, 5) is 23.0. The van der Waals surface area contributed by atoms with Gasteiger partial charge < -0.3 is 15.0 Å². The number of amides is 1. The van der Waals surface area contributed by atoms with Gasteiger partial charge in [-0.05, 0) is 37.1 Å². The number of carboxylic acids is 1. The number of nitrogens with zero attached hydrogens (tertiary/aromatic N) is 1. The first-order chi connectivity index (χ1) is 9.99. The molecule has 0 saturated carbocycles. The van der Waals surface area contributed by atoms with Crippen molar-refractivity contribution < 1.29 is 14.7 Å². The van der Waals surface area contributed by atoms with Gasteiger partial charge in [0.1, 0.15) is 5.69 Å². The van der Waals surface area contributed by atoms with Crippen LogP contribution in [-0.2, 0) is 18.3 Å². The minimum absolute atomic E-state index is 0.0378. The summed E-state index contributed by atoms with van der Waals surface area (Å²) in [6.45, 7) is 1.93. The normalized spacial score (nSPS) is 10.4. The van der Waals surface area contributed by atoms with E-state index in [-0.39, 0.29) is 12.3 Å². The molecule has 0 unspecified atom stereocenters. The molecule has 1 heterocycles. The smallest absolute Gasteiger partial charge is 0.303 e. The summed E-state index contributed by atoms with van der Waals surface area (Å²) in [5.41, 5.74) is 3.04. The minimum Gasteiger partial charge on any atom is -0.481 e. The van der Waals surface area contributed by atoms with Crippen molar-refractivity contribution in [2.45, 2.75) is 19.8 Å². The van der Waals surface area contributed by atoms with Gasteiger partial charge in [-0.15, -0.1) is 0 Å². The molecule has 0 radical (unpaired) electrons. The van der Waals surface area contributed by atoms with Gasteiger partial charge in [0.15, 0.2) is 0 Å². The standard InChI is InChI=1S/C16H18N2O3/c1-11-7-9-14(18(11)2)16(21)17-13-6-4-3-5-12(13)8-10-15(19)20/h3-7,9H,8,10H2,1-2H3,(H,17,21)(H,19,20). The molecular formula is C16H18N2O3. The number of benzene rings is 1. The molecule has 1 aromatic carbocycles. The van der Waals surface area contributed by atoms with E-state index in [0.29, 0.717) is 17.8 Å². The number of para-hydroxylation sites is 1. The lowest BCUT2D eigenvalue weighted by Crippen LogP contribution is -2.17. The van der Waals surface area contributed by atoms with Gasteiger partial charge in [0.25, 0.3) is 5.91 Å². The molecule has 1 aromatic heterocycles. The molecule has 0 bridgehead atoms.